The van der Waals surface area contributed by atoms with E-state index in [-0.39, 0.29) is 5.41 Å². The molecule has 5 rings (SSSR count). The van der Waals surface area contributed by atoms with Crippen LogP contribution in [0.1, 0.15) is 75.1 Å². The van der Waals surface area contributed by atoms with Crippen molar-refractivity contribution in [2.24, 2.45) is 0 Å². The third-order valence-corrected chi connectivity index (χ3v) is 7.17. The van der Waals surface area contributed by atoms with Crippen molar-refractivity contribution in [2.75, 3.05) is 31.1 Å². The Kier molecular flexibility index (Phi) is 6.43. The number of nitrogens with zero attached hydrogens (tertiary/aromatic N) is 5. The predicted molar refractivity (Wildman–Crippen MR) is 136 cm³/mol. The van der Waals surface area contributed by atoms with Crippen molar-refractivity contribution in [1.29, 1.82) is 0 Å². The molecule has 0 atom stereocenters. The third-order valence-electron chi connectivity index (χ3n) is 7.17. The van der Waals surface area contributed by atoms with E-state index in [1.807, 2.05) is 19.2 Å². The second kappa shape index (κ2) is 9.49. The summed E-state index contributed by atoms with van der Waals surface area (Å²) in [5.41, 5.74) is 5.67. The molecule has 2 saturated heterocycles. The molecule has 2 fully saturated rings. The summed E-state index contributed by atoms with van der Waals surface area (Å²) in [6.07, 6.45) is 6.76. The van der Waals surface area contributed by atoms with E-state index in [1.54, 1.807) is 0 Å². The minimum absolute atomic E-state index is 0.0907. The van der Waals surface area contributed by atoms with Crippen LogP contribution in [0, 0.1) is 6.92 Å². The fourth-order valence-corrected chi connectivity index (χ4v) is 5.16. The fraction of sp³-hybridized carbons (Fsp3) is 0.536. The van der Waals surface area contributed by atoms with Crippen LogP contribution in [0.4, 0.5) is 5.69 Å². The van der Waals surface area contributed by atoms with Gasteiger partial charge in [-0.3, -0.25) is 4.90 Å². The number of likely N-dealkylation sites (tertiary alicyclic amines) is 1. The van der Waals surface area contributed by atoms with Crippen molar-refractivity contribution in [3.63, 3.8) is 0 Å². The van der Waals surface area contributed by atoms with Crippen LogP contribution >= 0.6 is 0 Å². The van der Waals surface area contributed by atoms with Crippen LogP contribution in [-0.4, -0.2) is 46.2 Å². The highest BCUT2D eigenvalue weighted by Gasteiger charge is 2.28. The molecule has 0 N–H and O–H groups in total. The minimum atomic E-state index is -0.0907. The van der Waals surface area contributed by atoms with Crippen LogP contribution in [-0.2, 0) is 12.0 Å². The van der Waals surface area contributed by atoms with Crippen LogP contribution in [0.3, 0.4) is 0 Å². The summed E-state index contributed by atoms with van der Waals surface area (Å²) in [4.78, 5) is 14.8. The molecule has 0 radical (unpaired) electrons. The zero-order valence-corrected chi connectivity index (χ0v) is 21.0. The van der Waals surface area contributed by atoms with Gasteiger partial charge < -0.3 is 9.42 Å². The summed E-state index contributed by atoms with van der Waals surface area (Å²) in [7, 11) is 0. The summed E-state index contributed by atoms with van der Waals surface area (Å²) < 4.78 is 5.61. The molecule has 0 bridgehead atoms. The maximum Gasteiger partial charge on any atom is 0.170 e. The van der Waals surface area contributed by atoms with E-state index >= 15 is 0 Å². The number of aryl methyl sites for hydroxylation is 1. The summed E-state index contributed by atoms with van der Waals surface area (Å²) >= 11 is 0. The van der Waals surface area contributed by atoms with Gasteiger partial charge in [-0.05, 0) is 63.4 Å². The van der Waals surface area contributed by atoms with E-state index in [2.05, 4.69) is 65.0 Å². The van der Waals surface area contributed by atoms with Crippen molar-refractivity contribution in [2.45, 2.75) is 71.3 Å². The van der Waals surface area contributed by atoms with E-state index in [0.717, 1.165) is 61.0 Å². The van der Waals surface area contributed by atoms with Gasteiger partial charge in [0.25, 0.3) is 0 Å². The fourth-order valence-electron chi connectivity index (χ4n) is 5.16. The first kappa shape index (κ1) is 23.0. The Morgan fingerprint density at radius 2 is 1.71 bits per heavy atom. The number of benzene rings is 1. The lowest BCUT2D eigenvalue weighted by atomic mass is 9.88. The highest BCUT2D eigenvalue weighted by molar-refractivity contribution is 5.60. The van der Waals surface area contributed by atoms with Crippen molar-refractivity contribution >= 4 is 5.69 Å². The molecule has 34 heavy (non-hydrogen) atoms. The lowest BCUT2D eigenvalue weighted by molar-refractivity contribution is 0.203. The summed E-state index contributed by atoms with van der Waals surface area (Å²) in [5.74, 6) is 2.06. The zero-order chi connectivity index (χ0) is 23.7. The molecule has 0 unspecified atom stereocenters. The van der Waals surface area contributed by atoms with Gasteiger partial charge in [0.05, 0.1) is 17.0 Å². The van der Waals surface area contributed by atoms with Crippen LogP contribution in [0.2, 0.25) is 0 Å². The first-order valence-corrected chi connectivity index (χ1v) is 12.7. The molecule has 0 saturated carbocycles. The van der Waals surface area contributed by atoms with Gasteiger partial charge in [0.15, 0.2) is 5.76 Å². The monoisotopic (exact) mass is 459 g/mol. The number of hydrogen-bond acceptors (Lipinski definition) is 6. The summed E-state index contributed by atoms with van der Waals surface area (Å²) in [5, 5.41) is 4.10. The van der Waals surface area contributed by atoms with Crippen LogP contribution in [0.25, 0.3) is 11.3 Å². The maximum absolute atomic E-state index is 5.61. The molecule has 0 spiro atoms. The quantitative estimate of drug-likeness (QED) is 0.487. The van der Waals surface area contributed by atoms with Crippen molar-refractivity contribution in [1.82, 2.24) is 20.0 Å². The van der Waals surface area contributed by atoms with E-state index in [4.69, 9.17) is 9.51 Å². The third kappa shape index (κ3) is 5.02. The largest absolute Gasteiger partial charge is 0.372 e. The molecule has 180 valence electrons. The first-order valence-electron chi connectivity index (χ1n) is 12.7. The number of aromatic nitrogens is 3. The molecule has 0 amide bonds. The molecular formula is C28H37N5O. The standard InChI is InChI=1S/C28H37N5O/c1-20-17-25(34-31-20)24-18-29-27(28(2,3)4)30-26(24)22-11-15-32(16-12-22)19-21-7-9-23(10-8-21)33-13-5-6-14-33/h7-10,17-18,22H,5-6,11-16,19H2,1-4H3. The smallest absolute Gasteiger partial charge is 0.170 e. The highest BCUT2D eigenvalue weighted by atomic mass is 16.5. The van der Waals surface area contributed by atoms with Gasteiger partial charge in [0.1, 0.15) is 5.82 Å². The van der Waals surface area contributed by atoms with Gasteiger partial charge in [0.2, 0.25) is 0 Å². The Hall–Kier alpha value is -2.73. The van der Waals surface area contributed by atoms with Gasteiger partial charge in [-0.25, -0.2) is 9.97 Å². The second-order valence-electron chi connectivity index (χ2n) is 11.0. The minimum Gasteiger partial charge on any atom is -0.372 e. The average Bonchev–Trinajstić information content (AvgIpc) is 3.51. The van der Waals surface area contributed by atoms with Gasteiger partial charge in [-0.15, -0.1) is 0 Å². The zero-order valence-electron chi connectivity index (χ0n) is 21.0. The number of piperidine rings is 1. The Balaban J connectivity index is 1.28. The molecular weight excluding hydrogens is 422 g/mol. The van der Waals surface area contributed by atoms with E-state index in [1.165, 1.54) is 37.2 Å². The summed E-state index contributed by atoms with van der Waals surface area (Å²) in [6.45, 7) is 14.0. The Bertz CT molecular complexity index is 1100. The van der Waals surface area contributed by atoms with Gasteiger partial charge >= 0.3 is 0 Å². The molecule has 6 heteroatoms. The molecule has 2 aliphatic rings. The molecule has 2 aromatic heterocycles. The van der Waals surface area contributed by atoms with Crippen molar-refractivity contribution in [3.05, 3.63) is 59.3 Å². The van der Waals surface area contributed by atoms with Gasteiger partial charge in [0, 0.05) is 48.9 Å². The highest BCUT2D eigenvalue weighted by Crippen LogP contribution is 2.36. The van der Waals surface area contributed by atoms with Crippen LogP contribution in [0.5, 0.6) is 0 Å². The topological polar surface area (TPSA) is 58.3 Å². The predicted octanol–water partition coefficient (Wildman–Crippen LogP) is 5.72. The number of anilines is 1. The molecule has 6 nitrogen and oxygen atoms in total. The lowest BCUT2D eigenvalue weighted by Gasteiger charge is -2.33. The van der Waals surface area contributed by atoms with Gasteiger partial charge in [-0.2, -0.15) is 0 Å². The number of rotatable bonds is 5. The van der Waals surface area contributed by atoms with Crippen molar-refractivity contribution < 1.29 is 4.52 Å². The second-order valence-corrected chi connectivity index (χ2v) is 11.0. The SMILES string of the molecule is Cc1cc(-c2cnc(C(C)(C)C)nc2C2CCN(Cc3ccc(N4CCCC4)cc3)CC2)on1. The number of hydrogen-bond donors (Lipinski definition) is 0. The van der Waals surface area contributed by atoms with E-state index < -0.39 is 0 Å². The summed E-state index contributed by atoms with van der Waals surface area (Å²) in [6, 6.07) is 11.2. The maximum atomic E-state index is 5.61. The first-order chi connectivity index (χ1) is 16.4. The molecule has 2 aliphatic heterocycles. The van der Waals surface area contributed by atoms with E-state index in [0.29, 0.717) is 5.92 Å². The van der Waals surface area contributed by atoms with Crippen LogP contribution in [0.15, 0.2) is 41.1 Å². The Morgan fingerprint density at radius 1 is 1.00 bits per heavy atom. The molecule has 3 aromatic rings. The molecule has 4 heterocycles. The molecule has 0 aliphatic carbocycles. The van der Waals surface area contributed by atoms with Crippen molar-refractivity contribution in [3.8, 4) is 11.3 Å². The van der Waals surface area contributed by atoms with E-state index in [9.17, 15) is 0 Å². The Morgan fingerprint density at radius 3 is 2.32 bits per heavy atom. The normalized spacial score (nSPS) is 18.1. The van der Waals surface area contributed by atoms with Gasteiger partial charge in [-0.1, -0.05) is 38.1 Å². The van der Waals surface area contributed by atoms with Crippen LogP contribution < -0.4 is 4.90 Å². The Labute approximate surface area is 203 Å². The molecule has 1 aromatic carbocycles. The average molecular weight is 460 g/mol. The lowest BCUT2D eigenvalue weighted by Crippen LogP contribution is -2.33.